The molecule has 1 aromatic carbocycles. The van der Waals surface area contributed by atoms with Crippen LogP contribution in [0.15, 0.2) is 35.3 Å². The van der Waals surface area contributed by atoms with Gasteiger partial charge in [0.25, 0.3) is 5.56 Å². The molecule has 0 aliphatic carbocycles. The number of carboxylic acids is 1. The largest absolute Gasteiger partial charge is 0.545 e. The normalized spacial score (nSPS) is 11.0. The van der Waals surface area contributed by atoms with Crippen molar-refractivity contribution in [1.29, 1.82) is 0 Å². The average Bonchev–Trinajstić information content (AvgIpc) is 2.89. The van der Waals surface area contributed by atoms with Crippen molar-refractivity contribution in [2.45, 2.75) is 13.3 Å². The van der Waals surface area contributed by atoms with E-state index in [2.05, 4.69) is 10.1 Å². The molecule has 0 atom stereocenters. The van der Waals surface area contributed by atoms with E-state index >= 15 is 0 Å². The van der Waals surface area contributed by atoms with E-state index in [0.717, 1.165) is 10.1 Å². The van der Waals surface area contributed by atoms with E-state index in [0.29, 0.717) is 22.7 Å². The molecule has 112 valence electrons. The molecular formula is C15H11ClN3O3-. The number of rotatable bonds is 3. The van der Waals surface area contributed by atoms with Gasteiger partial charge < -0.3 is 9.90 Å². The third-order valence-electron chi connectivity index (χ3n) is 3.48. The third-order valence-corrected chi connectivity index (χ3v) is 3.73. The van der Waals surface area contributed by atoms with Crippen molar-refractivity contribution in [3.05, 3.63) is 68.2 Å². The summed E-state index contributed by atoms with van der Waals surface area (Å²) in [6.45, 7) is 1.68. The Bertz CT molecular complexity index is 926. The number of halogens is 1. The van der Waals surface area contributed by atoms with E-state index < -0.39 is 5.97 Å². The highest BCUT2D eigenvalue weighted by atomic mass is 35.5. The molecule has 7 heteroatoms. The van der Waals surface area contributed by atoms with Crippen LogP contribution in [0.5, 0.6) is 0 Å². The number of aromatic nitrogens is 3. The van der Waals surface area contributed by atoms with Crippen molar-refractivity contribution in [2.75, 3.05) is 0 Å². The number of carbonyl (C=O) groups is 1. The second kappa shape index (κ2) is 5.31. The predicted molar refractivity (Wildman–Crippen MR) is 79.1 cm³/mol. The van der Waals surface area contributed by atoms with Crippen LogP contribution in [-0.2, 0) is 6.42 Å². The van der Waals surface area contributed by atoms with Crippen LogP contribution >= 0.6 is 11.6 Å². The zero-order valence-corrected chi connectivity index (χ0v) is 12.3. The summed E-state index contributed by atoms with van der Waals surface area (Å²) in [6, 6.07) is 7.16. The van der Waals surface area contributed by atoms with Crippen molar-refractivity contribution >= 4 is 23.2 Å². The number of aromatic amines is 1. The minimum Gasteiger partial charge on any atom is -0.545 e. The average molecular weight is 317 g/mol. The van der Waals surface area contributed by atoms with Gasteiger partial charge in [0.1, 0.15) is 0 Å². The van der Waals surface area contributed by atoms with E-state index in [4.69, 9.17) is 11.6 Å². The number of aromatic carboxylic acids is 1. The van der Waals surface area contributed by atoms with Gasteiger partial charge in [0.2, 0.25) is 0 Å². The van der Waals surface area contributed by atoms with Gasteiger partial charge in [-0.1, -0.05) is 23.7 Å². The topological polar surface area (TPSA) is 90.3 Å². The van der Waals surface area contributed by atoms with Crippen LogP contribution in [-0.4, -0.2) is 20.6 Å². The molecule has 3 rings (SSSR count). The molecule has 0 bridgehead atoms. The number of nitrogens with zero attached hydrogens (tertiary/aromatic N) is 2. The second-order valence-electron chi connectivity index (χ2n) is 4.92. The first-order valence-electron chi connectivity index (χ1n) is 6.53. The quantitative estimate of drug-likeness (QED) is 0.778. The number of nitrogens with one attached hydrogen (secondary N) is 1. The zero-order valence-electron chi connectivity index (χ0n) is 11.6. The summed E-state index contributed by atoms with van der Waals surface area (Å²) in [4.78, 5) is 27.7. The van der Waals surface area contributed by atoms with Gasteiger partial charge in [0.05, 0.1) is 11.5 Å². The van der Waals surface area contributed by atoms with Crippen LogP contribution in [0, 0.1) is 6.92 Å². The number of benzene rings is 1. The van der Waals surface area contributed by atoms with Gasteiger partial charge in [-0.15, -0.1) is 0 Å². The van der Waals surface area contributed by atoms with E-state index in [1.165, 1.54) is 6.20 Å². The lowest BCUT2D eigenvalue weighted by Gasteiger charge is -2.07. The van der Waals surface area contributed by atoms with Crippen LogP contribution in [0.3, 0.4) is 0 Å². The molecule has 2 aromatic heterocycles. The van der Waals surface area contributed by atoms with Gasteiger partial charge in [-0.05, 0) is 24.6 Å². The predicted octanol–water partition coefficient (Wildman–Crippen LogP) is 0.939. The highest BCUT2D eigenvalue weighted by Crippen LogP contribution is 2.14. The van der Waals surface area contributed by atoms with Crippen molar-refractivity contribution in [1.82, 2.24) is 14.6 Å². The lowest BCUT2D eigenvalue weighted by molar-refractivity contribution is -0.254. The maximum absolute atomic E-state index is 12.5. The Hall–Kier alpha value is -2.60. The van der Waals surface area contributed by atoms with Gasteiger partial charge in [0.15, 0.2) is 5.65 Å². The summed E-state index contributed by atoms with van der Waals surface area (Å²) in [5.74, 6) is -1.38. The number of hydrogen-bond donors (Lipinski definition) is 1. The molecule has 6 nitrogen and oxygen atoms in total. The SMILES string of the molecule is Cc1nc2c(C(=O)[O-])c[nH]n2c(=O)c1Cc1ccc(Cl)cc1. The Labute approximate surface area is 130 Å². The van der Waals surface area contributed by atoms with Crippen molar-refractivity contribution in [2.24, 2.45) is 0 Å². The summed E-state index contributed by atoms with van der Waals surface area (Å²) in [5, 5.41) is 14.2. The number of carboxylic acid groups (broad SMARTS) is 1. The van der Waals surface area contributed by atoms with Crippen LogP contribution in [0.2, 0.25) is 5.02 Å². The summed E-state index contributed by atoms with van der Waals surface area (Å²) in [5.41, 5.74) is 1.48. The molecule has 0 saturated heterocycles. The molecule has 0 saturated carbocycles. The number of hydrogen-bond acceptors (Lipinski definition) is 4. The molecular weight excluding hydrogens is 306 g/mol. The summed E-state index contributed by atoms with van der Waals surface area (Å²) >= 11 is 5.84. The Morgan fingerprint density at radius 3 is 2.68 bits per heavy atom. The van der Waals surface area contributed by atoms with E-state index in [9.17, 15) is 14.7 Å². The van der Waals surface area contributed by atoms with Crippen molar-refractivity contribution in [3.63, 3.8) is 0 Å². The Morgan fingerprint density at radius 2 is 2.05 bits per heavy atom. The van der Waals surface area contributed by atoms with E-state index in [-0.39, 0.29) is 16.8 Å². The maximum Gasteiger partial charge on any atom is 0.276 e. The summed E-state index contributed by atoms with van der Waals surface area (Å²) < 4.78 is 1.11. The Balaban J connectivity index is 2.13. The first-order chi connectivity index (χ1) is 10.5. The van der Waals surface area contributed by atoms with Crippen LogP contribution < -0.4 is 10.7 Å². The molecule has 0 fully saturated rings. The fourth-order valence-electron chi connectivity index (χ4n) is 2.32. The smallest absolute Gasteiger partial charge is 0.276 e. The molecule has 2 heterocycles. The van der Waals surface area contributed by atoms with Crippen molar-refractivity contribution in [3.8, 4) is 0 Å². The second-order valence-corrected chi connectivity index (χ2v) is 5.35. The first-order valence-corrected chi connectivity index (χ1v) is 6.90. The molecule has 0 aliphatic rings. The third kappa shape index (κ3) is 2.37. The lowest BCUT2D eigenvalue weighted by atomic mass is 10.1. The monoisotopic (exact) mass is 316 g/mol. The molecule has 3 aromatic rings. The minimum absolute atomic E-state index is 0.0577. The van der Waals surface area contributed by atoms with E-state index in [1.807, 2.05) is 12.1 Å². The molecule has 1 N–H and O–H groups in total. The standard InChI is InChI=1S/C15H12ClN3O3/c1-8-11(6-9-2-4-10(16)5-3-9)14(20)19-13(18-8)12(7-17-19)15(21)22/h2-5,7,17H,6H2,1H3,(H,21,22)/p-1. The fourth-order valence-corrected chi connectivity index (χ4v) is 2.44. The Morgan fingerprint density at radius 1 is 1.36 bits per heavy atom. The van der Waals surface area contributed by atoms with Gasteiger partial charge in [-0.2, -0.15) is 0 Å². The van der Waals surface area contributed by atoms with Gasteiger partial charge in [-0.3, -0.25) is 9.89 Å². The minimum atomic E-state index is -1.38. The first kappa shape index (κ1) is 14.3. The zero-order chi connectivity index (χ0) is 15.9. The highest BCUT2D eigenvalue weighted by Gasteiger charge is 2.14. The molecule has 0 radical (unpaired) electrons. The van der Waals surface area contributed by atoms with Gasteiger partial charge in [-0.25, -0.2) is 9.50 Å². The molecule has 0 aliphatic heterocycles. The van der Waals surface area contributed by atoms with Crippen LogP contribution in [0.25, 0.3) is 5.65 Å². The summed E-state index contributed by atoms with van der Waals surface area (Å²) in [6.07, 6.45) is 1.59. The van der Waals surface area contributed by atoms with Gasteiger partial charge >= 0.3 is 0 Å². The summed E-state index contributed by atoms with van der Waals surface area (Å²) in [7, 11) is 0. The number of fused-ring (bicyclic) bond motifs is 1. The highest BCUT2D eigenvalue weighted by molar-refractivity contribution is 6.30. The number of H-pyrrole nitrogens is 1. The van der Waals surface area contributed by atoms with Gasteiger partial charge in [0, 0.05) is 28.9 Å². The molecule has 0 unspecified atom stereocenters. The molecule has 22 heavy (non-hydrogen) atoms. The molecule has 0 amide bonds. The van der Waals surface area contributed by atoms with Crippen LogP contribution in [0.4, 0.5) is 0 Å². The fraction of sp³-hybridized carbons (Fsp3) is 0.133. The lowest BCUT2D eigenvalue weighted by Crippen LogP contribution is -2.25. The van der Waals surface area contributed by atoms with E-state index in [1.54, 1.807) is 19.1 Å². The maximum atomic E-state index is 12.5. The van der Waals surface area contributed by atoms with Crippen molar-refractivity contribution < 1.29 is 9.90 Å². The number of carbonyl (C=O) groups excluding carboxylic acids is 1. The molecule has 0 spiro atoms. The Kier molecular flexibility index (Phi) is 3.46. The number of aryl methyl sites for hydroxylation is 1. The van der Waals surface area contributed by atoms with Crippen LogP contribution in [0.1, 0.15) is 27.2 Å².